The molecule has 0 saturated carbocycles. The summed E-state index contributed by atoms with van der Waals surface area (Å²) in [5.41, 5.74) is 11.0. The van der Waals surface area contributed by atoms with E-state index < -0.39 is 0 Å². The molecule has 0 N–H and O–H groups in total. The highest BCUT2D eigenvalue weighted by atomic mass is 32.1. The van der Waals surface area contributed by atoms with Gasteiger partial charge in [-0.1, -0.05) is 158 Å². The van der Waals surface area contributed by atoms with E-state index in [1.54, 1.807) is 0 Å². The lowest BCUT2D eigenvalue weighted by atomic mass is 10.0. The summed E-state index contributed by atoms with van der Waals surface area (Å²) in [6, 6.07) is 68.3. The highest BCUT2D eigenvalue weighted by Gasteiger charge is 2.17. The minimum absolute atomic E-state index is 0.480. The number of rotatable bonds is 7. The Balaban J connectivity index is 1.03. The zero-order valence-corrected chi connectivity index (χ0v) is 31.9. The Kier molecular flexibility index (Phi) is 8.90. The molecule has 0 radical (unpaired) electrons. The van der Waals surface area contributed by atoms with E-state index >= 15 is 0 Å². The molecule has 0 amide bonds. The summed E-state index contributed by atoms with van der Waals surface area (Å²) in [5.74, 6) is 1.12. The lowest BCUT2D eigenvalue weighted by Crippen LogP contribution is -2.06. The van der Waals surface area contributed by atoms with Gasteiger partial charge in [0.15, 0.2) is 11.7 Å². The van der Waals surface area contributed by atoms with Crippen molar-refractivity contribution in [1.82, 2.24) is 4.57 Å². The second-order valence-electron chi connectivity index (χ2n) is 14.1. The van der Waals surface area contributed by atoms with Crippen molar-refractivity contribution in [3.05, 3.63) is 211 Å². The standard InChI is InChI=1S/C52H36N4S/c1-53-51(55-52(38-16-6-3-7-17-38)54-34-35-26-28-37(29-27-35)36-14-4-2-5-15-36)40-18-12-19-41(32-40)56-47-24-10-8-20-43(47)46-33-39(30-31-48(46)56)42-22-13-23-45-44-21-9-11-25-49(44)57-50(42)45/h2-33H,1,34H2. The maximum absolute atomic E-state index is 5.08. The summed E-state index contributed by atoms with van der Waals surface area (Å²) < 4.78 is 4.97. The zero-order valence-electron chi connectivity index (χ0n) is 31.1. The van der Waals surface area contributed by atoms with Gasteiger partial charge in [0.25, 0.3) is 0 Å². The first-order chi connectivity index (χ1) is 28.2. The van der Waals surface area contributed by atoms with Crippen molar-refractivity contribution in [2.24, 2.45) is 15.0 Å². The van der Waals surface area contributed by atoms with E-state index in [4.69, 9.17) is 9.98 Å². The average Bonchev–Trinajstić information content (AvgIpc) is 3.83. The fourth-order valence-electron chi connectivity index (χ4n) is 7.85. The monoisotopic (exact) mass is 748 g/mol. The number of aliphatic imine (C=N–C) groups is 3. The predicted octanol–water partition coefficient (Wildman–Crippen LogP) is 13.6. The first-order valence-electron chi connectivity index (χ1n) is 19.1. The van der Waals surface area contributed by atoms with Crippen molar-refractivity contribution in [1.29, 1.82) is 0 Å². The molecule has 0 unspecified atom stereocenters. The molecule has 0 aliphatic rings. The molecular weight excluding hydrogens is 713 g/mol. The van der Waals surface area contributed by atoms with Gasteiger partial charge in [0.05, 0.1) is 17.6 Å². The van der Waals surface area contributed by atoms with E-state index in [0.717, 1.165) is 33.4 Å². The van der Waals surface area contributed by atoms with Gasteiger partial charge in [0.1, 0.15) is 0 Å². The van der Waals surface area contributed by atoms with Gasteiger partial charge in [-0.3, -0.25) is 4.99 Å². The quantitative estimate of drug-likeness (QED) is 0.115. The molecule has 8 aromatic carbocycles. The van der Waals surface area contributed by atoms with Gasteiger partial charge in [-0.05, 0) is 70.9 Å². The number of thiophene rings is 1. The third kappa shape index (κ3) is 6.44. The smallest absolute Gasteiger partial charge is 0.161 e. The largest absolute Gasteiger partial charge is 0.309 e. The molecule has 4 nitrogen and oxygen atoms in total. The summed E-state index contributed by atoms with van der Waals surface area (Å²) in [5, 5.41) is 5.02. The summed E-state index contributed by atoms with van der Waals surface area (Å²) in [6.45, 7) is 4.45. The minimum atomic E-state index is 0.480. The molecule has 57 heavy (non-hydrogen) atoms. The summed E-state index contributed by atoms with van der Waals surface area (Å²) >= 11 is 1.87. The second-order valence-corrected chi connectivity index (χ2v) is 15.1. The fourth-order valence-corrected chi connectivity index (χ4v) is 9.08. The van der Waals surface area contributed by atoms with Crippen LogP contribution >= 0.6 is 11.3 Å². The normalized spacial score (nSPS) is 12.2. The molecule has 10 rings (SSSR count). The number of para-hydroxylation sites is 1. The molecule has 10 aromatic rings. The molecule has 0 atom stereocenters. The lowest BCUT2D eigenvalue weighted by Gasteiger charge is -2.11. The number of fused-ring (bicyclic) bond motifs is 6. The SMILES string of the molecule is C=NC(=NC(=NCc1ccc(-c2ccccc2)cc1)c1ccccc1)c1cccc(-n2c3ccccc3c3cc(-c4cccc5c4sc4ccccc45)ccc32)c1. The topological polar surface area (TPSA) is 42.0 Å². The first kappa shape index (κ1) is 34.3. The number of nitrogens with zero attached hydrogens (tertiary/aromatic N) is 4. The van der Waals surface area contributed by atoms with Crippen LogP contribution in [0.1, 0.15) is 16.7 Å². The highest BCUT2D eigenvalue weighted by Crippen LogP contribution is 2.42. The fraction of sp³-hybridized carbons (Fsp3) is 0.0192. The molecular formula is C52H36N4S. The third-order valence-corrected chi connectivity index (χ3v) is 11.8. The zero-order chi connectivity index (χ0) is 38.1. The molecule has 0 spiro atoms. The van der Waals surface area contributed by atoms with Crippen molar-refractivity contribution < 1.29 is 0 Å². The van der Waals surface area contributed by atoms with Gasteiger partial charge >= 0.3 is 0 Å². The molecule has 2 aromatic heterocycles. The molecule has 0 saturated heterocycles. The summed E-state index contributed by atoms with van der Waals surface area (Å²) in [6.07, 6.45) is 0. The Bertz CT molecular complexity index is 3150. The van der Waals surface area contributed by atoms with Gasteiger partial charge in [-0.25, -0.2) is 9.98 Å². The number of hydrogen-bond acceptors (Lipinski definition) is 2. The van der Waals surface area contributed by atoms with Crippen LogP contribution in [-0.4, -0.2) is 23.0 Å². The van der Waals surface area contributed by atoms with E-state index in [9.17, 15) is 0 Å². The van der Waals surface area contributed by atoms with E-state index in [1.807, 2.05) is 53.8 Å². The number of hydrogen-bond donors (Lipinski definition) is 0. The Labute approximate surface area is 335 Å². The second kappa shape index (κ2) is 14.8. The molecule has 270 valence electrons. The van der Waals surface area contributed by atoms with Crippen molar-refractivity contribution >= 4 is 71.7 Å². The van der Waals surface area contributed by atoms with Gasteiger partial charge in [0.2, 0.25) is 0 Å². The van der Waals surface area contributed by atoms with Crippen LogP contribution in [0.15, 0.2) is 209 Å². The number of benzene rings is 8. The van der Waals surface area contributed by atoms with Crippen LogP contribution in [0, 0.1) is 0 Å². The molecule has 5 heteroatoms. The van der Waals surface area contributed by atoms with Gasteiger partial charge in [-0.15, -0.1) is 11.3 Å². The maximum Gasteiger partial charge on any atom is 0.161 e. The van der Waals surface area contributed by atoms with Crippen molar-refractivity contribution in [2.45, 2.75) is 6.54 Å². The van der Waals surface area contributed by atoms with Crippen LogP contribution in [0.25, 0.3) is 69.9 Å². The third-order valence-electron chi connectivity index (χ3n) is 10.6. The van der Waals surface area contributed by atoms with Crippen LogP contribution in [0.5, 0.6) is 0 Å². The van der Waals surface area contributed by atoms with E-state index in [2.05, 4.69) is 168 Å². The summed E-state index contributed by atoms with van der Waals surface area (Å²) in [4.78, 5) is 14.6. The van der Waals surface area contributed by atoms with Crippen LogP contribution in [-0.2, 0) is 6.54 Å². The van der Waals surface area contributed by atoms with Crippen LogP contribution in [0.4, 0.5) is 0 Å². The minimum Gasteiger partial charge on any atom is -0.309 e. The molecule has 2 heterocycles. The van der Waals surface area contributed by atoms with E-state index in [0.29, 0.717) is 18.2 Å². The first-order valence-corrected chi connectivity index (χ1v) is 19.9. The maximum atomic E-state index is 5.08. The Morgan fingerprint density at radius 1 is 0.491 bits per heavy atom. The van der Waals surface area contributed by atoms with E-state index in [1.165, 1.54) is 53.2 Å². The van der Waals surface area contributed by atoms with Gasteiger partial charge < -0.3 is 4.57 Å². The molecule has 0 aliphatic heterocycles. The number of amidine groups is 2. The molecule has 0 bridgehead atoms. The predicted molar refractivity (Wildman–Crippen MR) is 244 cm³/mol. The average molecular weight is 749 g/mol. The van der Waals surface area contributed by atoms with Crippen LogP contribution < -0.4 is 0 Å². The Hall–Kier alpha value is -7.21. The van der Waals surface area contributed by atoms with Crippen LogP contribution in [0.2, 0.25) is 0 Å². The number of aromatic nitrogens is 1. The molecule has 0 aliphatic carbocycles. The summed E-state index contributed by atoms with van der Waals surface area (Å²) in [7, 11) is 0. The van der Waals surface area contributed by atoms with Gasteiger partial charge in [0, 0.05) is 47.8 Å². The lowest BCUT2D eigenvalue weighted by molar-refractivity contribution is 1.06. The van der Waals surface area contributed by atoms with Gasteiger partial charge in [-0.2, -0.15) is 0 Å². The van der Waals surface area contributed by atoms with Crippen molar-refractivity contribution in [3.8, 4) is 27.9 Å². The van der Waals surface area contributed by atoms with E-state index in [-0.39, 0.29) is 0 Å². The Morgan fingerprint density at radius 2 is 1.14 bits per heavy atom. The highest BCUT2D eigenvalue weighted by molar-refractivity contribution is 7.26. The Morgan fingerprint density at radius 3 is 1.96 bits per heavy atom. The van der Waals surface area contributed by atoms with Crippen LogP contribution in [0.3, 0.4) is 0 Å². The van der Waals surface area contributed by atoms with Crippen molar-refractivity contribution in [3.63, 3.8) is 0 Å². The van der Waals surface area contributed by atoms with Crippen molar-refractivity contribution in [2.75, 3.05) is 0 Å². The molecule has 0 fully saturated rings.